The molecule has 2 aromatic carbocycles. The van der Waals surface area contributed by atoms with Crippen LogP contribution in [0.15, 0.2) is 54.0 Å². The van der Waals surface area contributed by atoms with Gasteiger partial charge in [-0.05, 0) is 67.6 Å². The number of piperidine rings is 1. The summed E-state index contributed by atoms with van der Waals surface area (Å²) in [5.74, 6) is 2.03. The molecule has 0 spiro atoms. The number of benzene rings is 2. The number of aryl methyl sites for hydroxylation is 1. The number of nitrogens with zero attached hydrogens (tertiary/aromatic N) is 2. The van der Waals surface area contributed by atoms with Crippen LogP contribution in [0, 0.1) is 6.92 Å². The van der Waals surface area contributed by atoms with Gasteiger partial charge in [-0.2, -0.15) is 0 Å². The predicted molar refractivity (Wildman–Crippen MR) is 130 cm³/mol. The number of likely N-dealkylation sites (tertiary alicyclic amines) is 1. The molecule has 0 unspecified atom stereocenters. The van der Waals surface area contributed by atoms with E-state index in [4.69, 9.17) is 9.47 Å². The van der Waals surface area contributed by atoms with E-state index in [1.807, 2.05) is 47.5 Å². The molecule has 0 saturated carbocycles. The molecule has 0 atom stereocenters. The minimum absolute atomic E-state index is 0.0593. The van der Waals surface area contributed by atoms with Crippen LogP contribution in [0.4, 0.5) is 0 Å². The van der Waals surface area contributed by atoms with Crippen molar-refractivity contribution < 1.29 is 14.3 Å². The molecule has 1 aliphatic rings. The fraction of sp³-hybridized carbons (Fsp3) is 0.308. The second kappa shape index (κ2) is 9.27. The minimum Gasteiger partial charge on any atom is -0.497 e. The monoisotopic (exact) mass is 461 g/mol. The Hall–Kier alpha value is -3.32. The van der Waals surface area contributed by atoms with Crippen LogP contribution in [0.25, 0.3) is 10.9 Å². The van der Waals surface area contributed by atoms with Crippen molar-refractivity contribution in [2.75, 3.05) is 20.2 Å². The molecule has 170 valence electrons. The number of fused-ring (bicyclic) bond motifs is 1. The van der Waals surface area contributed by atoms with Gasteiger partial charge in [0, 0.05) is 41.1 Å². The average molecular weight is 462 g/mol. The maximum atomic E-state index is 13.2. The third-order valence-electron chi connectivity index (χ3n) is 6.28. The van der Waals surface area contributed by atoms with Crippen LogP contribution < -0.4 is 9.47 Å². The molecular weight excluding hydrogens is 434 g/mol. The van der Waals surface area contributed by atoms with Gasteiger partial charge >= 0.3 is 0 Å². The average Bonchev–Trinajstić information content (AvgIpc) is 3.48. The molecular formula is C26H27N3O3S. The summed E-state index contributed by atoms with van der Waals surface area (Å²) in [5.41, 5.74) is 4.00. The number of amides is 1. The summed E-state index contributed by atoms with van der Waals surface area (Å²) in [4.78, 5) is 22.9. The molecule has 1 N–H and O–H groups in total. The van der Waals surface area contributed by atoms with Gasteiger partial charge in [0.2, 0.25) is 0 Å². The number of carbonyl (C=O) groups is 1. The number of aromatic nitrogens is 2. The van der Waals surface area contributed by atoms with Crippen molar-refractivity contribution in [2.45, 2.75) is 32.3 Å². The molecule has 1 fully saturated rings. The zero-order chi connectivity index (χ0) is 22.8. The van der Waals surface area contributed by atoms with Crippen molar-refractivity contribution in [2.24, 2.45) is 0 Å². The number of rotatable bonds is 6. The van der Waals surface area contributed by atoms with E-state index in [1.54, 1.807) is 18.4 Å². The van der Waals surface area contributed by atoms with Gasteiger partial charge in [0.1, 0.15) is 18.1 Å². The van der Waals surface area contributed by atoms with E-state index in [9.17, 15) is 4.79 Å². The van der Waals surface area contributed by atoms with E-state index in [-0.39, 0.29) is 5.91 Å². The van der Waals surface area contributed by atoms with Crippen molar-refractivity contribution in [3.8, 4) is 11.5 Å². The van der Waals surface area contributed by atoms with Crippen LogP contribution in [0.3, 0.4) is 0 Å². The van der Waals surface area contributed by atoms with Crippen molar-refractivity contribution in [3.63, 3.8) is 0 Å². The van der Waals surface area contributed by atoms with Gasteiger partial charge < -0.3 is 19.4 Å². The number of hydrogen-bond acceptors (Lipinski definition) is 5. The summed E-state index contributed by atoms with van der Waals surface area (Å²) in [6, 6.07) is 13.6. The smallest absolute Gasteiger partial charge is 0.253 e. The van der Waals surface area contributed by atoms with E-state index in [0.29, 0.717) is 23.8 Å². The first-order valence-corrected chi connectivity index (χ1v) is 12.1. The van der Waals surface area contributed by atoms with Gasteiger partial charge in [-0.1, -0.05) is 6.07 Å². The SMILES string of the molecule is COc1ccc2[nH]cc(C3CCN(C(=O)c4cccc(OCc5csc(C)n5)c4)CC3)c2c1. The highest BCUT2D eigenvalue weighted by Crippen LogP contribution is 2.35. The molecule has 2 aromatic heterocycles. The number of H-pyrrole nitrogens is 1. The fourth-order valence-corrected chi connectivity index (χ4v) is 5.11. The Morgan fingerprint density at radius 2 is 2.03 bits per heavy atom. The number of methoxy groups -OCH3 is 1. The third-order valence-corrected chi connectivity index (χ3v) is 7.10. The topological polar surface area (TPSA) is 67.5 Å². The summed E-state index contributed by atoms with van der Waals surface area (Å²) in [6.45, 7) is 3.86. The lowest BCUT2D eigenvalue weighted by molar-refractivity contribution is 0.0713. The molecule has 5 rings (SSSR count). The first-order chi connectivity index (χ1) is 16.1. The second-order valence-corrected chi connectivity index (χ2v) is 9.46. The molecule has 1 saturated heterocycles. The molecule has 4 aromatic rings. The van der Waals surface area contributed by atoms with Crippen LogP contribution in [-0.2, 0) is 6.61 Å². The lowest BCUT2D eigenvalue weighted by atomic mass is 9.89. The molecule has 0 aliphatic carbocycles. The van der Waals surface area contributed by atoms with Gasteiger partial charge in [-0.15, -0.1) is 11.3 Å². The van der Waals surface area contributed by atoms with E-state index in [2.05, 4.69) is 28.3 Å². The molecule has 33 heavy (non-hydrogen) atoms. The highest BCUT2D eigenvalue weighted by molar-refractivity contribution is 7.09. The zero-order valence-corrected chi connectivity index (χ0v) is 19.7. The summed E-state index contributed by atoms with van der Waals surface area (Å²) in [6.07, 6.45) is 3.99. The van der Waals surface area contributed by atoms with E-state index >= 15 is 0 Å². The first kappa shape index (κ1) is 21.5. The van der Waals surface area contributed by atoms with E-state index in [1.165, 1.54) is 10.9 Å². The molecule has 0 bridgehead atoms. The van der Waals surface area contributed by atoms with Crippen LogP contribution in [0.2, 0.25) is 0 Å². The Bertz CT molecular complexity index is 1270. The van der Waals surface area contributed by atoms with Gasteiger partial charge in [0.05, 0.1) is 17.8 Å². The number of carbonyl (C=O) groups excluding carboxylic acids is 1. The number of hydrogen-bond donors (Lipinski definition) is 1. The van der Waals surface area contributed by atoms with Crippen molar-refractivity contribution >= 4 is 28.1 Å². The van der Waals surface area contributed by atoms with Crippen LogP contribution in [0.5, 0.6) is 11.5 Å². The molecule has 0 radical (unpaired) electrons. The molecule has 6 nitrogen and oxygen atoms in total. The third kappa shape index (κ3) is 4.59. The first-order valence-electron chi connectivity index (χ1n) is 11.2. The van der Waals surface area contributed by atoms with Crippen LogP contribution in [-0.4, -0.2) is 41.0 Å². The highest BCUT2D eigenvalue weighted by Gasteiger charge is 2.26. The lowest BCUT2D eigenvalue weighted by Crippen LogP contribution is -2.37. The van der Waals surface area contributed by atoms with Crippen LogP contribution >= 0.6 is 11.3 Å². The summed E-state index contributed by atoms with van der Waals surface area (Å²) in [5, 5.41) is 4.23. The summed E-state index contributed by atoms with van der Waals surface area (Å²) in [7, 11) is 1.69. The normalized spacial score (nSPS) is 14.5. The predicted octanol–water partition coefficient (Wildman–Crippen LogP) is 5.54. The van der Waals surface area contributed by atoms with Gasteiger partial charge in [0.15, 0.2) is 0 Å². The molecule has 3 heterocycles. The number of nitrogens with one attached hydrogen (secondary N) is 1. The summed E-state index contributed by atoms with van der Waals surface area (Å²) < 4.78 is 11.3. The number of ether oxygens (including phenoxy) is 2. The Morgan fingerprint density at radius 1 is 1.18 bits per heavy atom. The summed E-state index contributed by atoms with van der Waals surface area (Å²) >= 11 is 1.61. The van der Waals surface area contributed by atoms with Gasteiger partial charge in [-0.3, -0.25) is 4.79 Å². The zero-order valence-electron chi connectivity index (χ0n) is 18.8. The Kier molecular flexibility index (Phi) is 6.05. The fourth-order valence-electron chi connectivity index (χ4n) is 4.51. The maximum absolute atomic E-state index is 13.2. The lowest BCUT2D eigenvalue weighted by Gasteiger charge is -2.32. The van der Waals surface area contributed by atoms with E-state index in [0.717, 1.165) is 47.9 Å². The van der Waals surface area contributed by atoms with Gasteiger partial charge in [-0.25, -0.2) is 4.98 Å². The Balaban J connectivity index is 1.23. The minimum atomic E-state index is 0.0593. The Labute approximate surface area is 197 Å². The maximum Gasteiger partial charge on any atom is 0.253 e. The van der Waals surface area contributed by atoms with Crippen molar-refractivity contribution in [1.82, 2.24) is 14.9 Å². The van der Waals surface area contributed by atoms with Crippen LogP contribution in [0.1, 0.15) is 45.4 Å². The van der Waals surface area contributed by atoms with Crippen molar-refractivity contribution in [3.05, 3.63) is 75.9 Å². The molecule has 1 amide bonds. The molecule has 1 aliphatic heterocycles. The quantitative estimate of drug-likeness (QED) is 0.409. The van der Waals surface area contributed by atoms with Gasteiger partial charge in [0.25, 0.3) is 5.91 Å². The van der Waals surface area contributed by atoms with E-state index < -0.39 is 0 Å². The number of thiazole rings is 1. The standard InChI is InChI=1S/C26H27N3O3S/c1-17-28-20(16-33-17)15-32-22-5-3-4-19(12-22)26(30)29-10-8-18(9-11-29)24-14-27-25-7-6-21(31-2)13-23(24)25/h3-7,12-14,16,18,27H,8-11,15H2,1-2H3. The van der Waals surface area contributed by atoms with Crippen molar-refractivity contribution in [1.29, 1.82) is 0 Å². The highest BCUT2D eigenvalue weighted by atomic mass is 32.1. The Morgan fingerprint density at radius 3 is 2.79 bits per heavy atom. The largest absolute Gasteiger partial charge is 0.497 e. The second-order valence-electron chi connectivity index (χ2n) is 8.40. The number of aromatic amines is 1. The molecule has 7 heteroatoms.